The van der Waals surface area contributed by atoms with Crippen molar-refractivity contribution in [3.8, 4) is 0 Å². The first kappa shape index (κ1) is 20.7. The van der Waals surface area contributed by atoms with Gasteiger partial charge in [0.2, 0.25) is 0 Å². The van der Waals surface area contributed by atoms with Crippen molar-refractivity contribution in [2.45, 2.75) is 57.6 Å². The molecule has 0 N–H and O–H groups in total. The standard InChI is InChI=1S/C19H28N8O2S/c1-7-25-12-17(20-13(25)2)30(28,29)24(6)14-10-26(11-14)16-9-8-15-21-22-18(19(3,4)5)27(15)23-16/h8-9,12,14H,7,10-11H2,1-6H3. The molecule has 3 aromatic rings. The van der Waals surface area contributed by atoms with Crippen LogP contribution in [0.3, 0.4) is 0 Å². The topological polar surface area (TPSA) is 102 Å². The van der Waals surface area contributed by atoms with Crippen LogP contribution in [0.1, 0.15) is 39.3 Å². The first-order chi connectivity index (χ1) is 14.0. The van der Waals surface area contributed by atoms with E-state index in [4.69, 9.17) is 5.10 Å². The summed E-state index contributed by atoms with van der Waals surface area (Å²) in [6.45, 7) is 11.8. The quantitative estimate of drug-likeness (QED) is 0.601. The second-order valence-electron chi connectivity index (χ2n) is 8.73. The monoisotopic (exact) mass is 432 g/mol. The molecular weight excluding hydrogens is 404 g/mol. The van der Waals surface area contributed by atoms with Gasteiger partial charge in [-0.15, -0.1) is 15.3 Å². The van der Waals surface area contributed by atoms with Crippen molar-refractivity contribution in [3.63, 3.8) is 0 Å². The average molecular weight is 433 g/mol. The van der Waals surface area contributed by atoms with Crippen molar-refractivity contribution in [3.05, 3.63) is 30.0 Å². The highest BCUT2D eigenvalue weighted by molar-refractivity contribution is 7.89. The molecule has 0 atom stereocenters. The van der Waals surface area contributed by atoms with Gasteiger partial charge in [0.1, 0.15) is 11.6 Å². The van der Waals surface area contributed by atoms with Gasteiger partial charge in [0.05, 0.1) is 6.04 Å². The van der Waals surface area contributed by atoms with E-state index in [9.17, 15) is 8.42 Å². The van der Waals surface area contributed by atoms with Crippen LogP contribution in [0, 0.1) is 6.92 Å². The zero-order chi connectivity index (χ0) is 21.8. The van der Waals surface area contributed by atoms with Crippen molar-refractivity contribution >= 4 is 21.5 Å². The van der Waals surface area contributed by atoms with Crippen LogP contribution in [0.25, 0.3) is 5.65 Å². The highest BCUT2D eigenvalue weighted by Crippen LogP contribution is 2.27. The normalized spacial score (nSPS) is 15.9. The van der Waals surface area contributed by atoms with Gasteiger partial charge in [-0.2, -0.15) is 8.82 Å². The third-order valence-corrected chi connectivity index (χ3v) is 7.34. The number of nitrogens with zero attached hydrogens (tertiary/aromatic N) is 8. The molecule has 1 saturated heterocycles. The maximum Gasteiger partial charge on any atom is 0.262 e. The molecule has 0 amide bonds. The fourth-order valence-corrected chi connectivity index (χ4v) is 4.88. The molecule has 3 aromatic heterocycles. The van der Waals surface area contributed by atoms with E-state index in [1.165, 1.54) is 4.31 Å². The SMILES string of the molecule is CCn1cc(S(=O)(=O)N(C)C2CN(c3ccc4nnc(C(C)(C)C)n4n3)C2)nc1C. The lowest BCUT2D eigenvalue weighted by atomic mass is 9.96. The number of hydrogen-bond acceptors (Lipinski definition) is 7. The lowest BCUT2D eigenvalue weighted by Gasteiger charge is -2.43. The molecular formula is C19H28N8O2S. The van der Waals surface area contributed by atoms with E-state index in [0.717, 1.165) is 11.6 Å². The minimum absolute atomic E-state index is 0.0988. The van der Waals surface area contributed by atoms with Crippen LogP contribution in [0.5, 0.6) is 0 Å². The second-order valence-corrected chi connectivity index (χ2v) is 10.7. The van der Waals surface area contributed by atoms with Gasteiger partial charge in [-0.05, 0) is 26.0 Å². The summed E-state index contributed by atoms with van der Waals surface area (Å²) in [5, 5.41) is 13.3. The van der Waals surface area contributed by atoms with Gasteiger partial charge in [0.15, 0.2) is 16.5 Å². The summed E-state index contributed by atoms with van der Waals surface area (Å²) in [5.74, 6) is 2.26. The van der Waals surface area contributed by atoms with E-state index < -0.39 is 10.0 Å². The van der Waals surface area contributed by atoms with Gasteiger partial charge in [0, 0.05) is 38.3 Å². The molecule has 4 rings (SSSR count). The Morgan fingerprint density at radius 1 is 1.20 bits per heavy atom. The summed E-state index contributed by atoms with van der Waals surface area (Å²) in [6.07, 6.45) is 1.60. The molecule has 1 fully saturated rings. The molecule has 10 nitrogen and oxygen atoms in total. The fraction of sp³-hybridized carbons (Fsp3) is 0.579. The Kier molecular flexibility index (Phi) is 4.85. The Balaban J connectivity index is 1.51. The molecule has 0 radical (unpaired) electrons. The van der Waals surface area contributed by atoms with Gasteiger partial charge in [-0.25, -0.2) is 13.4 Å². The summed E-state index contributed by atoms with van der Waals surface area (Å²) in [4.78, 5) is 6.30. The van der Waals surface area contributed by atoms with E-state index in [1.54, 1.807) is 17.8 Å². The van der Waals surface area contributed by atoms with E-state index in [0.29, 0.717) is 31.1 Å². The number of likely N-dealkylation sites (N-methyl/N-ethyl adjacent to an activating group) is 1. The fourth-order valence-electron chi connectivity index (χ4n) is 3.56. The molecule has 0 aliphatic carbocycles. The molecule has 11 heteroatoms. The zero-order valence-electron chi connectivity index (χ0n) is 18.2. The van der Waals surface area contributed by atoms with Crippen molar-refractivity contribution in [2.24, 2.45) is 0 Å². The van der Waals surface area contributed by atoms with Crippen LogP contribution < -0.4 is 4.90 Å². The maximum atomic E-state index is 13.0. The Hall–Kier alpha value is -2.53. The second kappa shape index (κ2) is 7.02. The zero-order valence-corrected chi connectivity index (χ0v) is 19.0. The van der Waals surface area contributed by atoms with Crippen LogP contribution >= 0.6 is 0 Å². The minimum atomic E-state index is -3.64. The number of hydrogen-bond donors (Lipinski definition) is 0. The summed E-state index contributed by atoms with van der Waals surface area (Å²) in [6, 6.07) is 3.65. The van der Waals surface area contributed by atoms with E-state index >= 15 is 0 Å². The number of rotatable bonds is 5. The van der Waals surface area contributed by atoms with Gasteiger partial charge < -0.3 is 9.47 Å². The third-order valence-electron chi connectivity index (χ3n) is 5.56. The molecule has 30 heavy (non-hydrogen) atoms. The average Bonchev–Trinajstić information content (AvgIpc) is 3.23. The largest absolute Gasteiger partial charge is 0.352 e. The number of anilines is 1. The highest BCUT2D eigenvalue weighted by Gasteiger charge is 2.38. The van der Waals surface area contributed by atoms with Gasteiger partial charge >= 0.3 is 0 Å². The van der Waals surface area contributed by atoms with Gasteiger partial charge in [0.25, 0.3) is 10.0 Å². The Morgan fingerprint density at radius 3 is 2.50 bits per heavy atom. The molecule has 0 unspecified atom stereocenters. The molecule has 0 spiro atoms. The lowest BCUT2D eigenvalue weighted by Crippen LogP contribution is -2.60. The van der Waals surface area contributed by atoms with Crippen molar-refractivity contribution in [1.82, 2.24) is 33.7 Å². The Bertz CT molecular complexity index is 1190. The third kappa shape index (κ3) is 3.35. The highest BCUT2D eigenvalue weighted by atomic mass is 32.2. The number of aryl methyl sites for hydroxylation is 2. The van der Waals surface area contributed by atoms with Crippen LogP contribution in [0.2, 0.25) is 0 Å². The van der Waals surface area contributed by atoms with Crippen LogP contribution in [0.15, 0.2) is 23.4 Å². The van der Waals surface area contributed by atoms with Gasteiger partial charge in [-0.3, -0.25) is 0 Å². The van der Waals surface area contributed by atoms with Crippen molar-refractivity contribution in [2.75, 3.05) is 25.0 Å². The summed E-state index contributed by atoms with van der Waals surface area (Å²) < 4.78 is 31.0. The van der Waals surface area contributed by atoms with E-state index in [-0.39, 0.29) is 16.5 Å². The first-order valence-corrected chi connectivity index (χ1v) is 11.5. The summed E-state index contributed by atoms with van der Waals surface area (Å²) in [5.41, 5.74) is 0.513. The van der Waals surface area contributed by atoms with Crippen molar-refractivity contribution < 1.29 is 8.42 Å². The molecule has 162 valence electrons. The van der Waals surface area contributed by atoms with E-state index in [1.807, 2.05) is 30.5 Å². The van der Waals surface area contributed by atoms with Crippen LogP contribution in [-0.2, 0) is 22.0 Å². The Morgan fingerprint density at radius 2 is 1.90 bits per heavy atom. The predicted octanol–water partition coefficient (Wildman–Crippen LogP) is 1.46. The number of sulfonamides is 1. The molecule has 1 aliphatic heterocycles. The van der Waals surface area contributed by atoms with Gasteiger partial charge in [-0.1, -0.05) is 20.8 Å². The number of aromatic nitrogens is 6. The maximum absolute atomic E-state index is 13.0. The number of fused-ring (bicyclic) bond motifs is 1. The molecule has 4 heterocycles. The molecule has 0 saturated carbocycles. The lowest BCUT2D eigenvalue weighted by molar-refractivity contribution is 0.308. The molecule has 1 aliphatic rings. The molecule has 0 bridgehead atoms. The minimum Gasteiger partial charge on any atom is -0.352 e. The number of imidazole rings is 1. The summed E-state index contributed by atoms with van der Waals surface area (Å²) >= 11 is 0. The van der Waals surface area contributed by atoms with E-state index in [2.05, 4.69) is 40.9 Å². The Labute approximate surface area is 176 Å². The molecule has 0 aromatic carbocycles. The summed E-state index contributed by atoms with van der Waals surface area (Å²) in [7, 11) is -2.02. The van der Waals surface area contributed by atoms with Crippen LogP contribution in [0.4, 0.5) is 5.82 Å². The van der Waals surface area contributed by atoms with Crippen LogP contribution in [-0.4, -0.2) is 68.3 Å². The predicted molar refractivity (Wildman–Crippen MR) is 113 cm³/mol. The smallest absolute Gasteiger partial charge is 0.262 e. The first-order valence-electron chi connectivity index (χ1n) is 10.0. The van der Waals surface area contributed by atoms with Crippen molar-refractivity contribution in [1.29, 1.82) is 0 Å².